The predicted octanol–water partition coefficient (Wildman–Crippen LogP) is 2.82. The van der Waals surface area contributed by atoms with Crippen LogP contribution in [0.25, 0.3) is 0 Å². The summed E-state index contributed by atoms with van der Waals surface area (Å²) in [6.45, 7) is 32.1. The summed E-state index contributed by atoms with van der Waals surface area (Å²) < 4.78 is 17.9. The second kappa shape index (κ2) is 39.6. The Morgan fingerprint density at radius 2 is 1.03 bits per heavy atom. The van der Waals surface area contributed by atoms with Crippen LogP contribution >= 0.6 is 0 Å². The topological polar surface area (TPSA) is 315 Å². The van der Waals surface area contributed by atoms with Gasteiger partial charge in [0, 0.05) is 75.3 Å². The van der Waals surface area contributed by atoms with Gasteiger partial charge in [0.1, 0.15) is 72.6 Å². The van der Waals surface area contributed by atoms with Crippen LogP contribution in [-0.4, -0.2) is 266 Å². The van der Waals surface area contributed by atoms with Gasteiger partial charge in [-0.15, -0.1) is 0 Å². The van der Waals surface area contributed by atoms with Crippen LogP contribution in [0.4, 0.5) is 0 Å². The molecule has 27 nitrogen and oxygen atoms in total. The highest BCUT2D eigenvalue weighted by molar-refractivity contribution is 6.00. The summed E-state index contributed by atoms with van der Waals surface area (Å²) in [5.74, 6) is -11.8. The molecule has 2 fully saturated rings. The van der Waals surface area contributed by atoms with E-state index in [1.165, 1.54) is 102 Å². The largest absolute Gasteiger partial charge is 0.459 e. The number of rotatable bonds is 19. The molecule has 11 amide bonds. The van der Waals surface area contributed by atoms with Gasteiger partial charge in [-0.25, -0.2) is 0 Å². The molecule has 0 aromatic rings. The van der Waals surface area contributed by atoms with Crippen LogP contribution in [0.1, 0.15) is 157 Å². The van der Waals surface area contributed by atoms with E-state index in [2.05, 4.69) is 26.6 Å². The van der Waals surface area contributed by atoms with E-state index in [-0.39, 0.29) is 69.2 Å². The lowest BCUT2D eigenvalue weighted by molar-refractivity contribution is -0.164. The number of esters is 1. The van der Waals surface area contributed by atoms with Crippen LogP contribution in [0.2, 0.25) is 0 Å². The van der Waals surface area contributed by atoms with Gasteiger partial charge in [0.2, 0.25) is 65.0 Å². The third-order valence-corrected chi connectivity index (χ3v) is 18.3. The number of amides is 11. The van der Waals surface area contributed by atoms with E-state index >= 15 is 28.8 Å². The fourth-order valence-corrected chi connectivity index (χ4v) is 12.4. The molecule has 2 aliphatic rings. The normalized spacial score (nSPS) is 27.9. The maximum absolute atomic E-state index is 15.5. The van der Waals surface area contributed by atoms with Gasteiger partial charge in [-0.1, -0.05) is 102 Å². The lowest BCUT2D eigenvalue weighted by Gasteiger charge is -2.42. The molecular weight excluding hydrogens is 1240 g/mol. The van der Waals surface area contributed by atoms with Gasteiger partial charge in [-0.3, -0.25) is 57.5 Å². The van der Waals surface area contributed by atoms with E-state index in [1.807, 2.05) is 47.6 Å². The van der Waals surface area contributed by atoms with E-state index in [0.717, 1.165) is 9.80 Å². The summed E-state index contributed by atoms with van der Waals surface area (Å²) in [7, 11) is 9.86. The zero-order chi connectivity index (χ0) is 73.7. The van der Waals surface area contributed by atoms with Crippen LogP contribution in [0.3, 0.4) is 0 Å². The van der Waals surface area contributed by atoms with Crippen LogP contribution in [0.15, 0.2) is 12.2 Å². The summed E-state index contributed by atoms with van der Waals surface area (Å²) in [4.78, 5) is 186. The summed E-state index contributed by atoms with van der Waals surface area (Å²) >= 11 is 0. The van der Waals surface area contributed by atoms with Gasteiger partial charge in [-0.05, 0) is 95.3 Å². The Hall–Kier alpha value is -6.74. The van der Waals surface area contributed by atoms with Crippen molar-refractivity contribution in [2.75, 3.05) is 82.2 Å². The molecule has 15 atom stereocenters. The second-order valence-corrected chi connectivity index (χ2v) is 28.6. The molecule has 0 aromatic heterocycles. The quantitative estimate of drug-likeness (QED) is 0.0917. The molecule has 2 heterocycles. The fraction of sp³-hybridized carbons (Fsp3) is 0.797. The highest BCUT2D eigenvalue weighted by Gasteiger charge is 2.47. The minimum absolute atomic E-state index is 0.0365. The molecule has 2 rings (SSSR count). The molecule has 0 radical (unpaired) electrons. The SMILES string of the molecule is C/C=C/C[C@@H](C)[C@@H](OC(C)=O)[C@H]1C(=O)N[C@@H](CC)C(=O)N(C)[C@H](C)C(=O)N(C)[C@@H]([C@H](C)COCC2CNCCO2)C(=O)N[C@@H](C(C)C)C(=O)N(C)[C@@H](CC(C)C)C(=O)N[C@@H](C)C(=O)N[C@H](C)C(=O)N(C)[C@@H](CC(C)C)C(=O)N(C)[C@@H](CC(C)C)C(=O)N(C)[C@@H](C(C)C)C(=O)N1C. The number of hydrogen-bond donors (Lipinski definition) is 5. The molecule has 5 N–H and O–H groups in total. The number of allylic oxidation sites excluding steroid dienone is 2. The van der Waals surface area contributed by atoms with Crippen molar-refractivity contribution >= 4 is 70.9 Å². The standard InChI is InChI=1S/C69H122N12O15/c1-26-28-29-43(13)58(96-48(18)82)57-62(86)73-50(27-2)65(89)75(19)47(17)64(88)80(24)56(44(14)36-94-37-49-35-70-30-31-95-49)61(85)74-54(41(9)10)68(92)76(20)51(32-38(3)4)60(84)71-45(15)59(83)72-46(16)63(87)77(21)52(33-39(5)6)66(90)78(22)53(34-40(7)8)67(91)79(23)55(42(11)12)69(93)81(57)25/h26,28,38-47,49-58,70H,27,29-37H2,1-25H3,(H,71,84)(H,72,83)(H,73,86)(H,74,85)/b28-26+/t43-,44-,45+,46-,47-,49?,50+,51+,52+,53+,54+,55+,56+,57+,58-/m1/s1. The second-order valence-electron chi connectivity index (χ2n) is 28.6. The molecule has 0 aliphatic carbocycles. The third kappa shape index (κ3) is 23.8. The lowest BCUT2D eigenvalue weighted by Crippen LogP contribution is -2.64. The molecule has 2 saturated heterocycles. The number of hydrogen-bond acceptors (Lipinski definition) is 16. The summed E-state index contributed by atoms with van der Waals surface area (Å²) in [5, 5.41) is 14.4. The molecule has 27 heteroatoms. The van der Waals surface area contributed by atoms with Crippen LogP contribution < -0.4 is 26.6 Å². The van der Waals surface area contributed by atoms with E-state index in [1.54, 1.807) is 61.5 Å². The smallest absolute Gasteiger partial charge is 0.303 e. The first-order chi connectivity index (χ1) is 44.6. The van der Waals surface area contributed by atoms with Crippen LogP contribution in [0.5, 0.6) is 0 Å². The first-order valence-electron chi connectivity index (χ1n) is 34.4. The molecule has 0 spiro atoms. The first kappa shape index (κ1) is 85.3. The predicted molar refractivity (Wildman–Crippen MR) is 366 cm³/mol. The summed E-state index contributed by atoms with van der Waals surface area (Å²) in [5.41, 5.74) is 0. The van der Waals surface area contributed by atoms with E-state index in [9.17, 15) is 28.8 Å². The maximum atomic E-state index is 15.5. The Bertz CT molecular complexity index is 2670. The Morgan fingerprint density at radius 1 is 0.542 bits per heavy atom. The van der Waals surface area contributed by atoms with Crippen molar-refractivity contribution in [3.63, 3.8) is 0 Å². The molecule has 1 unspecified atom stereocenters. The minimum Gasteiger partial charge on any atom is -0.459 e. The van der Waals surface area contributed by atoms with Gasteiger partial charge in [0.05, 0.1) is 25.9 Å². The van der Waals surface area contributed by atoms with E-state index in [0.29, 0.717) is 19.7 Å². The highest BCUT2D eigenvalue weighted by Crippen LogP contribution is 2.27. The average Bonchev–Trinajstić information content (AvgIpc) is 0.808. The van der Waals surface area contributed by atoms with Crippen molar-refractivity contribution in [2.45, 2.75) is 235 Å². The van der Waals surface area contributed by atoms with Crippen LogP contribution in [0, 0.1) is 41.4 Å². The number of ether oxygens (including phenoxy) is 3. The fourth-order valence-electron chi connectivity index (χ4n) is 12.4. The molecule has 548 valence electrons. The van der Waals surface area contributed by atoms with Crippen molar-refractivity contribution in [1.82, 2.24) is 60.9 Å². The minimum atomic E-state index is -1.64. The zero-order valence-corrected chi connectivity index (χ0v) is 62.5. The molecule has 0 bridgehead atoms. The monoisotopic (exact) mass is 1360 g/mol. The molecule has 96 heavy (non-hydrogen) atoms. The number of carbonyl (C=O) groups is 12. The van der Waals surface area contributed by atoms with Gasteiger partial charge < -0.3 is 75.1 Å². The number of likely N-dealkylation sites (N-methyl/N-ethyl adjacent to an activating group) is 7. The highest BCUT2D eigenvalue weighted by atomic mass is 16.5. The van der Waals surface area contributed by atoms with E-state index in [4.69, 9.17) is 14.2 Å². The maximum Gasteiger partial charge on any atom is 0.303 e. The van der Waals surface area contributed by atoms with Crippen molar-refractivity contribution in [2.24, 2.45) is 41.4 Å². The average molecular weight is 1360 g/mol. The number of morpholine rings is 1. The van der Waals surface area contributed by atoms with Gasteiger partial charge >= 0.3 is 5.97 Å². The lowest BCUT2D eigenvalue weighted by atomic mass is 9.91. The van der Waals surface area contributed by atoms with Gasteiger partial charge in [-0.2, -0.15) is 0 Å². The van der Waals surface area contributed by atoms with Crippen molar-refractivity contribution in [3.8, 4) is 0 Å². The summed E-state index contributed by atoms with van der Waals surface area (Å²) in [6.07, 6.45) is 2.58. The first-order valence-corrected chi connectivity index (χ1v) is 34.4. The molecule has 2 aliphatic heterocycles. The van der Waals surface area contributed by atoms with Gasteiger partial charge in [0.25, 0.3) is 0 Å². The zero-order valence-electron chi connectivity index (χ0n) is 62.5. The number of nitrogens with zero attached hydrogens (tertiary/aromatic N) is 7. The molecular formula is C69H122N12O15. The number of carbonyl (C=O) groups excluding carboxylic acids is 12. The third-order valence-electron chi connectivity index (χ3n) is 18.3. The number of nitrogens with one attached hydrogen (secondary N) is 5. The summed E-state index contributed by atoms with van der Waals surface area (Å²) in [6, 6.07) is -14.3. The van der Waals surface area contributed by atoms with E-state index < -0.39 is 167 Å². The van der Waals surface area contributed by atoms with Crippen molar-refractivity contribution < 1.29 is 71.7 Å². The van der Waals surface area contributed by atoms with Crippen molar-refractivity contribution in [1.29, 1.82) is 0 Å². The van der Waals surface area contributed by atoms with Crippen molar-refractivity contribution in [3.05, 3.63) is 12.2 Å². The Balaban J connectivity index is 3.10. The molecule has 0 aromatic carbocycles. The van der Waals surface area contributed by atoms with Gasteiger partial charge in [0.15, 0.2) is 0 Å². The molecule has 0 saturated carbocycles. The Kier molecular flexibility index (Phi) is 35.2. The Labute approximate surface area is 572 Å². The van der Waals surface area contributed by atoms with Crippen LogP contribution in [-0.2, 0) is 71.7 Å². The Morgan fingerprint density at radius 3 is 1.52 bits per heavy atom.